The van der Waals surface area contributed by atoms with Crippen LogP contribution in [0.3, 0.4) is 0 Å². The molecule has 0 unspecified atom stereocenters. The summed E-state index contributed by atoms with van der Waals surface area (Å²) in [5.41, 5.74) is 1.93. The molecule has 1 amide bonds. The Morgan fingerprint density at radius 3 is 2.43 bits per heavy atom. The maximum absolute atomic E-state index is 13.5. The number of fused-ring (bicyclic) bond motifs is 1. The van der Waals surface area contributed by atoms with Crippen LogP contribution in [0.15, 0.2) is 36.4 Å². The minimum atomic E-state index is -1.24. The molecular weight excluding hydrogens is 400 g/mol. The third-order valence-corrected chi connectivity index (χ3v) is 6.37. The van der Waals surface area contributed by atoms with Crippen LogP contribution in [0.25, 0.3) is 11.6 Å². The molecule has 2 aromatic rings. The molecule has 2 aromatic carbocycles. The maximum Gasteiger partial charge on any atom is 0.260 e. The Labute approximate surface area is 169 Å². The molecule has 0 atom stereocenters. The van der Waals surface area contributed by atoms with E-state index < -0.39 is 19.7 Å². The van der Waals surface area contributed by atoms with Crippen molar-refractivity contribution in [3.8, 4) is 0 Å². The molecule has 0 radical (unpaired) electrons. The first-order valence-corrected chi connectivity index (χ1v) is 13.1. The average Bonchev–Trinajstić information content (AvgIpc) is 2.81. The molecule has 0 fully saturated rings. The van der Waals surface area contributed by atoms with E-state index in [0.29, 0.717) is 28.5 Å². The largest absolute Gasteiger partial charge is 0.361 e. The number of hydrogen-bond donors (Lipinski definition) is 0. The minimum absolute atomic E-state index is 0.103. The lowest BCUT2D eigenvalue weighted by atomic mass is 10.0. The second-order valence-electron chi connectivity index (χ2n) is 8.00. The van der Waals surface area contributed by atoms with E-state index in [1.54, 1.807) is 18.2 Å². The molecule has 0 saturated heterocycles. The van der Waals surface area contributed by atoms with Crippen molar-refractivity contribution in [2.45, 2.75) is 25.7 Å². The van der Waals surface area contributed by atoms with Gasteiger partial charge in [0.15, 0.2) is 0 Å². The van der Waals surface area contributed by atoms with Gasteiger partial charge in [0.05, 0.1) is 5.69 Å². The van der Waals surface area contributed by atoms with Crippen LogP contribution in [0.5, 0.6) is 0 Å². The van der Waals surface area contributed by atoms with Gasteiger partial charge in [-0.25, -0.2) is 8.78 Å². The fraction of sp³-hybridized carbons (Fsp3) is 0.286. The molecule has 7 heteroatoms. The van der Waals surface area contributed by atoms with Crippen LogP contribution in [0.2, 0.25) is 30.7 Å². The zero-order valence-electron chi connectivity index (χ0n) is 16.1. The highest BCUT2D eigenvalue weighted by molar-refractivity contribution is 6.76. The number of hydrogen-bond acceptors (Lipinski definition) is 2. The monoisotopic (exact) mass is 421 g/mol. The van der Waals surface area contributed by atoms with E-state index >= 15 is 0 Å². The van der Waals surface area contributed by atoms with Crippen LogP contribution in [0, 0.1) is 11.6 Å². The molecule has 1 aliphatic rings. The van der Waals surface area contributed by atoms with Gasteiger partial charge in [-0.15, -0.1) is 0 Å². The fourth-order valence-electron chi connectivity index (χ4n) is 2.95. The Hall–Kier alpha value is -2.02. The van der Waals surface area contributed by atoms with Gasteiger partial charge in [0.1, 0.15) is 18.4 Å². The summed E-state index contributed by atoms with van der Waals surface area (Å²) in [6, 6.07) is 9.28. The zero-order valence-corrected chi connectivity index (χ0v) is 17.8. The number of ether oxygens (including phenoxy) is 1. The quantitative estimate of drug-likeness (QED) is 0.334. The van der Waals surface area contributed by atoms with Gasteiger partial charge in [-0.05, 0) is 41.9 Å². The Kier molecular flexibility index (Phi) is 6.03. The summed E-state index contributed by atoms with van der Waals surface area (Å²) < 4.78 is 32.8. The molecule has 0 N–H and O–H groups in total. The van der Waals surface area contributed by atoms with Gasteiger partial charge in [-0.1, -0.05) is 37.3 Å². The lowest BCUT2D eigenvalue weighted by Crippen LogP contribution is -2.30. The summed E-state index contributed by atoms with van der Waals surface area (Å²) in [6.07, 6.45) is 1.49. The predicted molar refractivity (Wildman–Crippen MR) is 112 cm³/mol. The van der Waals surface area contributed by atoms with Crippen LogP contribution >= 0.6 is 11.6 Å². The topological polar surface area (TPSA) is 29.5 Å². The summed E-state index contributed by atoms with van der Waals surface area (Å²) in [6.45, 7) is 7.44. The first-order chi connectivity index (χ1) is 13.1. The van der Waals surface area contributed by atoms with Crippen LogP contribution in [-0.2, 0) is 9.53 Å². The molecule has 3 nitrogen and oxygen atoms in total. The Balaban J connectivity index is 1.89. The zero-order chi connectivity index (χ0) is 20.5. The van der Waals surface area contributed by atoms with Crippen LogP contribution in [-0.4, -0.2) is 27.3 Å². The third kappa shape index (κ3) is 4.87. The lowest BCUT2D eigenvalue weighted by Gasteiger charge is -2.20. The molecule has 0 bridgehead atoms. The Morgan fingerprint density at radius 1 is 1.11 bits per heavy atom. The molecule has 0 aliphatic carbocycles. The summed E-state index contributed by atoms with van der Waals surface area (Å²) >= 11 is 6.12. The molecule has 1 aliphatic heterocycles. The molecule has 1 heterocycles. The second-order valence-corrected chi connectivity index (χ2v) is 14.1. The fourth-order valence-corrected chi connectivity index (χ4v) is 3.88. The van der Waals surface area contributed by atoms with E-state index in [1.807, 2.05) is 0 Å². The normalized spacial score (nSPS) is 15.4. The number of benzene rings is 2. The average molecular weight is 422 g/mol. The first kappa shape index (κ1) is 20.7. The van der Waals surface area contributed by atoms with Crippen molar-refractivity contribution in [3.63, 3.8) is 0 Å². The van der Waals surface area contributed by atoms with E-state index in [2.05, 4.69) is 19.6 Å². The van der Waals surface area contributed by atoms with Crippen molar-refractivity contribution in [1.29, 1.82) is 0 Å². The van der Waals surface area contributed by atoms with Gasteiger partial charge in [-0.2, -0.15) is 0 Å². The molecule has 3 rings (SSSR count). The summed E-state index contributed by atoms with van der Waals surface area (Å²) in [4.78, 5) is 14.5. The van der Waals surface area contributed by atoms with Gasteiger partial charge in [-0.3, -0.25) is 9.69 Å². The van der Waals surface area contributed by atoms with E-state index in [-0.39, 0.29) is 18.2 Å². The number of carbonyl (C=O) groups is 1. The van der Waals surface area contributed by atoms with Crippen LogP contribution < -0.4 is 4.90 Å². The molecule has 0 aromatic heterocycles. The van der Waals surface area contributed by atoms with Gasteiger partial charge in [0.25, 0.3) is 5.91 Å². The number of rotatable bonds is 6. The van der Waals surface area contributed by atoms with E-state index in [0.717, 1.165) is 12.1 Å². The van der Waals surface area contributed by atoms with Gasteiger partial charge in [0.2, 0.25) is 0 Å². The number of nitrogens with zero attached hydrogens (tertiary/aromatic N) is 1. The molecule has 0 spiro atoms. The smallest absolute Gasteiger partial charge is 0.260 e. The number of amides is 1. The first-order valence-electron chi connectivity index (χ1n) is 9.01. The molecule has 0 saturated carbocycles. The summed E-state index contributed by atoms with van der Waals surface area (Å²) in [7, 11) is -1.24. The molecular formula is C21H22ClF2NO2Si. The minimum Gasteiger partial charge on any atom is -0.361 e. The van der Waals surface area contributed by atoms with Crippen LogP contribution in [0.1, 0.15) is 11.1 Å². The van der Waals surface area contributed by atoms with Crippen molar-refractivity contribution in [3.05, 3.63) is 64.2 Å². The van der Waals surface area contributed by atoms with Gasteiger partial charge < -0.3 is 4.74 Å². The second kappa shape index (κ2) is 8.15. The van der Waals surface area contributed by atoms with Crippen molar-refractivity contribution < 1.29 is 18.3 Å². The number of anilines is 1. The van der Waals surface area contributed by atoms with Gasteiger partial charge in [0, 0.05) is 36.9 Å². The SMILES string of the molecule is C[Si](C)(C)CCOCN1C(=O)/C(=C/c2cc(F)cc(F)c2)c2ccc(Cl)cc21. The van der Waals surface area contributed by atoms with Crippen molar-refractivity contribution in [2.24, 2.45) is 0 Å². The van der Waals surface area contributed by atoms with Gasteiger partial charge >= 0.3 is 0 Å². The molecule has 148 valence electrons. The standard InChI is InChI=1S/C21H22ClF2NO2Si/c1-28(2,3)7-6-27-13-25-20-11-15(22)4-5-18(20)19(21(25)26)10-14-8-16(23)12-17(24)9-14/h4-5,8-12H,6-7,13H2,1-3H3/b19-10+. The van der Waals surface area contributed by atoms with E-state index in [4.69, 9.17) is 16.3 Å². The Morgan fingerprint density at radius 2 is 1.79 bits per heavy atom. The van der Waals surface area contributed by atoms with Crippen molar-refractivity contribution in [2.75, 3.05) is 18.2 Å². The Bertz CT molecular complexity index is 920. The highest BCUT2D eigenvalue weighted by atomic mass is 35.5. The highest BCUT2D eigenvalue weighted by Gasteiger charge is 2.32. The van der Waals surface area contributed by atoms with Crippen LogP contribution in [0.4, 0.5) is 14.5 Å². The summed E-state index contributed by atoms with van der Waals surface area (Å²) in [5.74, 6) is -1.67. The van der Waals surface area contributed by atoms with E-state index in [9.17, 15) is 13.6 Å². The number of halogens is 3. The van der Waals surface area contributed by atoms with Crippen molar-refractivity contribution >= 4 is 42.9 Å². The lowest BCUT2D eigenvalue weighted by molar-refractivity contribution is -0.114. The summed E-state index contributed by atoms with van der Waals surface area (Å²) in [5, 5.41) is 0.497. The number of carbonyl (C=O) groups excluding carboxylic acids is 1. The third-order valence-electron chi connectivity index (χ3n) is 4.43. The van der Waals surface area contributed by atoms with E-state index in [1.165, 1.54) is 23.1 Å². The maximum atomic E-state index is 13.5. The predicted octanol–water partition coefficient (Wildman–Crippen LogP) is 5.82. The van der Waals surface area contributed by atoms with Crippen molar-refractivity contribution in [1.82, 2.24) is 0 Å². The highest BCUT2D eigenvalue weighted by Crippen LogP contribution is 2.39. The molecule has 28 heavy (non-hydrogen) atoms.